The standard InChI is InChI=1S/C51H50N2/c1-51(2)45-32-33-48-50(44-20-12-13-21-47(44)53(48)39-18-10-5-11-19-39)49(45)43-31-30-42(34-46(43)51)52(40-26-22-37(23-27-40)35-14-6-3-7-15-35)41-28-24-38(25-29-41)36-16-8-4-9-17-36/h5,10-13,18-36H,3-4,6-9,14-17H2,1-2H3. The van der Waals surface area contributed by atoms with Crippen LogP contribution in [0.4, 0.5) is 17.1 Å². The molecule has 0 radical (unpaired) electrons. The fourth-order valence-electron chi connectivity index (χ4n) is 10.4. The van der Waals surface area contributed by atoms with E-state index in [1.54, 1.807) is 0 Å². The van der Waals surface area contributed by atoms with Crippen LogP contribution in [0.1, 0.15) is 112 Å². The maximum absolute atomic E-state index is 2.51. The van der Waals surface area contributed by atoms with Gasteiger partial charge in [-0.15, -0.1) is 0 Å². The van der Waals surface area contributed by atoms with Crippen molar-refractivity contribution in [1.82, 2.24) is 4.57 Å². The summed E-state index contributed by atoms with van der Waals surface area (Å²) in [6.45, 7) is 4.85. The van der Waals surface area contributed by atoms with Gasteiger partial charge in [-0.05, 0) is 132 Å². The molecule has 2 nitrogen and oxygen atoms in total. The van der Waals surface area contributed by atoms with E-state index in [0.29, 0.717) is 11.8 Å². The van der Waals surface area contributed by atoms with Gasteiger partial charge in [0, 0.05) is 38.9 Å². The number of hydrogen-bond acceptors (Lipinski definition) is 1. The van der Waals surface area contributed by atoms with Gasteiger partial charge in [-0.25, -0.2) is 0 Å². The van der Waals surface area contributed by atoms with Crippen molar-refractivity contribution in [3.05, 3.63) is 156 Å². The summed E-state index contributed by atoms with van der Waals surface area (Å²) in [5.74, 6) is 1.40. The highest BCUT2D eigenvalue weighted by Gasteiger charge is 2.38. The molecule has 2 saturated carbocycles. The molecule has 2 heteroatoms. The Balaban J connectivity index is 1.11. The van der Waals surface area contributed by atoms with Crippen molar-refractivity contribution < 1.29 is 0 Å². The van der Waals surface area contributed by atoms with Crippen molar-refractivity contribution in [2.24, 2.45) is 0 Å². The molecule has 1 heterocycles. The van der Waals surface area contributed by atoms with Crippen LogP contribution in [0.25, 0.3) is 38.6 Å². The molecule has 7 aromatic rings. The van der Waals surface area contributed by atoms with E-state index < -0.39 is 0 Å². The average molecular weight is 691 g/mol. The third-order valence-corrected chi connectivity index (χ3v) is 13.2. The first-order valence-electron chi connectivity index (χ1n) is 20.3. The summed E-state index contributed by atoms with van der Waals surface area (Å²) >= 11 is 0. The highest BCUT2D eigenvalue weighted by molar-refractivity contribution is 6.18. The van der Waals surface area contributed by atoms with E-state index >= 15 is 0 Å². The normalized spacial score (nSPS) is 17.2. The number of benzene rings is 6. The number of nitrogens with zero attached hydrogens (tertiary/aromatic N) is 2. The maximum atomic E-state index is 2.51. The second-order valence-electron chi connectivity index (χ2n) is 16.6. The molecule has 264 valence electrons. The van der Waals surface area contributed by atoms with Crippen LogP contribution in [-0.2, 0) is 5.41 Å². The third-order valence-electron chi connectivity index (χ3n) is 13.2. The number of hydrogen-bond donors (Lipinski definition) is 0. The van der Waals surface area contributed by atoms with Gasteiger partial charge >= 0.3 is 0 Å². The number of anilines is 3. The molecule has 3 aliphatic rings. The molecule has 1 aromatic heterocycles. The molecule has 0 saturated heterocycles. The van der Waals surface area contributed by atoms with Gasteiger partial charge in [0.25, 0.3) is 0 Å². The summed E-state index contributed by atoms with van der Waals surface area (Å²) in [5.41, 5.74) is 15.8. The lowest BCUT2D eigenvalue weighted by atomic mass is 9.82. The van der Waals surface area contributed by atoms with Crippen LogP contribution in [0.3, 0.4) is 0 Å². The Morgan fingerprint density at radius 3 is 1.70 bits per heavy atom. The van der Waals surface area contributed by atoms with Gasteiger partial charge in [-0.2, -0.15) is 0 Å². The van der Waals surface area contributed by atoms with Crippen molar-refractivity contribution >= 4 is 38.9 Å². The molecule has 0 bridgehead atoms. The van der Waals surface area contributed by atoms with E-state index in [9.17, 15) is 0 Å². The minimum atomic E-state index is -0.147. The van der Waals surface area contributed by atoms with Crippen LogP contribution in [0, 0.1) is 0 Å². The first-order chi connectivity index (χ1) is 26.1. The molecule has 0 aliphatic heterocycles. The molecule has 0 amide bonds. The lowest BCUT2D eigenvalue weighted by Crippen LogP contribution is -2.16. The van der Waals surface area contributed by atoms with E-state index in [-0.39, 0.29) is 5.41 Å². The number of rotatable bonds is 6. The van der Waals surface area contributed by atoms with Crippen molar-refractivity contribution in [3.63, 3.8) is 0 Å². The van der Waals surface area contributed by atoms with E-state index in [1.807, 2.05) is 0 Å². The van der Waals surface area contributed by atoms with Crippen molar-refractivity contribution in [1.29, 1.82) is 0 Å². The molecular weight excluding hydrogens is 641 g/mol. The Kier molecular flexibility index (Phi) is 8.05. The minimum Gasteiger partial charge on any atom is -0.310 e. The van der Waals surface area contributed by atoms with Gasteiger partial charge in [-0.1, -0.05) is 125 Å². The minimum absolute atomic E-state index is 0.147. The number of aromatic nitrogens is 1. The first kappa shape index (κ1) is 32.6. The van der Waals surface area contributed by atoms with Crippen LogP contribution < -0.4 is 4.90 Å². The zero-order valence-corrected chi connectivity index (χ0v) is 31.3. The molecule has 0 unspecified atom stereocenters. The zero-order valence-electron chi connectivity index (χ0n) is 31.3. The van der Waals surface area contributed by atoms with Crippen LogP contribution in [0.15, 0.2) is 133 Å². The molecule has 0 atom stereocenters. The SMILES string of the molecule is CC1(C)c2cc(N(c3ccc(C4CCCCC4)cc3)c3ccc(C4CCCCC4)cc3)ccc2-c2c1ccc1c2c2ccccc2n1-c1ccccc1. The van der Waals surface area contributed by atoms with Crippen molar-refractivity contribution in [3.8, 4) is 16.8 Å². The van der Waals surface area contributed by atoms with Crippen LogP contribution in [0.5, 0.6) is 0 Å². The fraction of sp³-hybridized carbons (Fsp3) is 0.294. The molecule has 53 heavy (non-hydrogen) atoms. The molecule has 0 spiro atoms. The van der Waals surface area contributed by atoms with E-state index in [4.69, 9.17) is 0 Å². The molecule has 0 N–H and O–H groups in total. The Bertz CT molecular complexity index is 2360. The van der Waals surface area contributed by atoms with Crippen molar-refractivity contribution in [2.45, 2.75) is 95.3 Å². The Hall–Kier alpha value is -5.08. The Labute approximate surface area is 315 Å². The largest absolute Gasteiger partial charge is 0.310 e. The molecule has 10 rings (SSSR count). The summed E-state index contributed by atoms with van der Waals surface area (Å²) in [6.07, 6.45) is 13.5. The zero-order chi connectivity index (χ0) is 35.5. The molecule has 2 fully saturated rings. The molecular formula is C51H50N2. The quantitative estimate of drug-likeness (QED) is 0.169. The highest BCUT2D eigenvalue weighted by atomic mass is 15.1. The van der Waals surface area contributed by atoms with E-state index in [2.05, 4.69) is 157 Å². The number of para-hydroxylation sites is 2. The Morgan fingerprint density at radius 1 is 0.509 bits per heavy atom. The monoisotopic (exact) mass is 690 g/mol. The third kappa shape index (κ3) is 5.44. The first-order valence-corrected chi connectivity index (χ1v) is 20.3. The van der Waals surface area contributed by atoms with Crippen LogP contribution >= 0.6 is 0 Å². The average Bonchev–Trinajstić information content (AvgIpc) is 3.68. The highest BCUT2D eigenvalue weighted by Crippen LogP contribution is 2.54. The topological polar surface area (TPSA) is 8.17 Å². The van der Waals surface area contributed by atoms with Crippen LogP contribution in [0.2, 0.25) is 0 Å². The summed E-state index contributed by atoms with van der Waals surface area (Å²) in [7, 11) is 0. The molecule has 3 aliphatic carbocycles. The van der Waals surface area contributed by atoms with Crippen molar-refractivity contribution in [2.75, 3.05) is 4.90 Å². The lowest BCUT2D eigenvalue weighted by molar-refractivity contribution is 0.443. The van der Waals surface area contributed by atoms with Crippen LogP contribution in [-0.4, -0.2) is 4.57 Å². The Morgan fingerprint density at radius 2 is 1.08 bits per heavy atom. The maximum Gasteiger partial charge on any atom is 0.0547 e. The summed E-state index contributed by atoms with van der Waals surface area (Å²) in [6, 6.07) is 51.1. The summed E-state index contributed by atoms with van der Waals surface area (Å²) < 4.78 is 2.44. The predicted octanol–water partition coefficient (Wildman–Crippen LogP) is 14.7. The van der Waals surface area contributed by atoms with E-state index in [1.165, 1.54) is 142 Å². The summed E-state index contributed by atoms with van der Waals surface area (Å²) in [5, 5.41) is 2.67. The van der Waals surface area contributed by atoms with Gasteiger partial charge in [0.1, 0.15) is 0 Å². The second kappa shape index (κ2) is 13.1. The van der Waals surface area contributed by atoms with Gasteiger partial charge < -0.3 is 9.47 Å². The second-order valence-corrected chi connectivity index (χ2v) is 16.6. The van der Waals surface area contributed by atoms with Gasteiger partial charge in [0.05, 0.1) is 11.0 Å². The molecule has 6 aromatic carbocycles. The summed E-state index contributed by atoms with van der Waals surface area (Å²) in [4.78, 5) is 2.51. The fourth-order valence-corrected chi connectivity index (χ4v) is 10.4. The van der Waals surface area contributed by atoms with E-state index in [0.717, 1.165) is 0 Å². The van der Waals surface area contributed by atoms with Gasteiger partial charge in [0.15, 0.2) is 0 Å². The smallest absolute Gasteiger partial charge is 0.0547 e. The number of fused-ring (bicyclic) bond motifs is 7. The van der Waals surface area contributed by atoms with Gasteiger partial charge in [-0.3, -0.25) is 0 Å². The lowest BCUT2D eigenvalue weighted by Gasteiger charge is -2.29. The predicted molar refractivity (Wildman–Crippen MR) is 225 cm³/mol. The van der Waals surface area contributed by atoms with Gasteiger partial charge in [0.2, 0.25) is 0 Å².